The monoisotopic (exact) mass is 550 g/mol. The van der Waals surface area contributed by atoms with Crippen LogP contribution in [0.15, 0.2) is 59.6 Å². The van der Waals surface area contributed by atoms with Crippen LogP contribution in [-0.2, 0) is 17.6 Å². The Kier molecular flexibility index (Phi) is 11.9. The first-order valence-electron chi connectivity index (χ1n) is 11.3. The van der Waals surface area contributed by atoms with Crippen LogP contribution in [0.1, 0.15) is 37.3 Å². The number of hydrogen-bond donors (Lipinski definition) is 3. The van der Waals surface area contributed by atoms with Crippen LogP contribution in [-0.4, -0.2) is 44.1 Å². The zero-order valence-electron chi connectivity index (χ0n) is 18.8. The zero-order chi connectivity index (χ0) is 21.7. The molecule has 7 heteroatoms. The van der Waals surface area contributed by atoms with Crippen molar-refractivity contribution in [3.05, 3.63) is 65.7 Å². The molecule has 1 atom stereocenters. The van der Waals surface area contributed by atoms with Gasteiger partial charge in [-0.3, -0.25) is 9.79 Å². The van der Waals surface area contributed by atoms with E-state index in [1.165, 1.54) is 11.1 Å². The topological polar surface area (TPSA) is 74.8 Å². The molecule has 3 rings (SSSR count). The van der Waals surface area contributed by atoms with E-state index in [9.17, 15) is 4.79 Å². The molecule has 174 valence electrons. The van der Waals surface area contributed by atoms with Gasteiger partial charge in [0.05, 0.1) is 6.61 Å². The molecule has 6 nitrogen and oxygen atoms in total. The van der Waals surface area contributed by atoms with E-state index in [1.54, 1.807) is 0 Å². The lowest BCUT2D eigenvalue weighted by Crippen LogP contribution is -2.51. The number of carbonyl (C=O) groups excluding carboxylic acids is 1. The van der Waals surface area contributed by atoms with Gasteiger partial charge in [-0.05, 0) is 55.9 Å². The molecule has 32 heavy (non-hydrogen) atoms. The molecule has 0 saturated carbocycles. The van der Waals surface area contributed by atoms with Gasteiger partial charge in [-0.15, -0.1) is 24.0 Å². The molecule has 2 aromatic rings. The Bertz CT molecular complexity index is 835. The number of benzene rings is 2. The minimum Gasteiger partial charge on any atom is -0.494 e. The minimum absolute atomic E-state index is 0. The molecule has 1 amide bonds. The molecule has 0 spiro atoms. The lowest BCUT2D eigenvalue weighted by atomic mass is 10.1. The van der Waals surface area contributed by atoms with E-state index in [0.717, 1.165) is 43.9 Å². The molecule has 1 saturated heterocycles. The molecule has 1 fully saturated rings. The maximum atomic E-state index is 11.3. The van der Waals surface area contributed by atoms with Crippen LogP contribution < -0.4 is 20.7 Å². The number of nitrogens with one attached hydrogen (secondary N) is 3. The quantitative estimate of drug-likeness (QED) is 0.183. The van der Waals surface area contributed by atoms with E-state index in [-0.39, 0.29) is 35.9 Å². The fraction of sp³-hybridized carbons (Fsp3) is 0.440. The zero-order valence-corrected chi connectivity index (χ0v) is 21.1. The van der Waals surface area contributed by atoms with Crippen LogP contribution in [0.4, 0.5) is 0 Å². The second-order valence-electron chi connectivity index (χ2n) is 7.78. The summed E-state index contributed by atoms with van der Waals surface area (Å²) < 4.78 is 5.95. The van der Waals surface area contributed by atoms with Crippen LogP contribution >= 0.6 is 24.0 Å². The molecule has 1 aliphatic heterocycles. The Morgan fingerprint density at radius 1 is 1.12 bits per heavy atom. The highest BCUT2D eigenvalue weighted by atomic mass is 127. The first-order valence-corrected chi connectivity index (χ1v) is 11.3. The molecule has 0 bridgehead atoms. The number of amides is 1. The summed E-state index contributed by atoms with van der Waals surface area (Å²) in [5.41, 5.74) is 2.56. The predicted molar refractivity (Wildman–Crippen MR) is 141 cm³/mol. The summed E-state index contributed by atoms with van der Waals surface area (Å²) in [6.07, 6.45) is 4.27. The summed E-state index contributed by atoms with van der Waals surface area (Å²) in [4.78, 5) is 16.0. The minimum atomic E-state index is 0. The number of rotatable bonds is 10. The molecular weight excluding hydrogens is 515 g/mol. The van der Waals surface area contributed by atoms with Crippen molar-refractivity contribution in [1.82, 2.24) is 16.0 Å². The number of guanidine groups is 1. The van der Waals surface area contributed by atoms with Gasteiger partial charge in [0.15, 0.2) is 5.96 Å². The van der Waals surface area contributed by atoms with Crippen molar-refractivity contribution in [2.24, 2.45) is 4.99 Å². The van der Waals surface area contributed by atoms with E-state index < -0.39 is 0 Å². The van der Waals surface area contributed by atoms with Crippen LogP contribution in [0, 0.1) is 0 Å². The summed E-state index contributed by atoms with van der Waals surface area (Å²) >= 11 is 0. The summed E-state index contributed by atoms with van der Waals surface area (Å²) in [6.45, 7) is 4.90. The van der Waals surface area contributed by atoms with Gasteiger partial charge in [-0.2, -0.15) is 0 Å². The molecule has 1 heterocycles. The Morgan fingerprint density at radius 3 is 2.69 bits per heavy atom. The highest BCUT2D eigenvalue weighted by Crippen LogP contribution is 2.15. The molecular formula is C25H35IN4O2. The van der Waals surface area contributed by atoms with Crippen LogP contribution in [0.3, 0.4) is 0 Å². The van der Waals surface area contributed by atoms with E-state index in [2.05, 4.69) is 59.3 Å². The average Bonchev–Trinajstić information content (AvgIpc) is 2.79. The summed E-state index contributed by atoms with van der Waals surface area (Å²) in [7, 11) is 0. The van der Waals surface area contributed by atoms with Crippen molar-refractivity contribution < 1.29 is 9.53 Å². The molecule has 3 N–H and O–H groups in total. The Balaban J connectivity index is 0.00000363. The number of halogens is 1. The van der Waals surface area contributed by atoms with Gasteiger partial charge in [0.25, 0.3) is 0 Å². The van der Waals surface area contributed by atoms with Gasteiger partial charge in [-0.1, -0.05) is 42.5 Å². The van der Waals surface area contributed by atoms with E-state index in [4.69, 9.17) is 9.73 Å². The number of nitrogens with zero attached hydrogens (tertiary/aromatic N) is 1. The molecule has 1 unspecified atom stereocenters. The number of aryl methyl sites for hydroxylation is 1. The standard InChI is InChI=1S/C25H34N4O2.HI/c1-2-26-25(29-22-13-14-24(30)28-19-22)27-16-15-21-10-6-12-23(18-21)31-17-7-11-20-8-4-3-5-9-20;/h3-6,8-10,12,18,22H,2,7,11,13-17,19H2,1H3,(H,28,30)(H2,26,27,29);1H. The van der Waals surface area contributed by atoms with Gasteiger partial charge in [0, 0.05) is 32.1 Å². The third kappa shape index (κ3) is 9.46. The fourth-order valence-electron chi connectivity index (χ4n) is 3.57. The van der Waals surface area contributed by atoms with Crippen LogP contribution in [0.25, 0.3) is 0 Å². The first kappa shape index (κ1) is 26.0. The maximum Gasteiger partial charge on any atom is 0.220 e. The average molecular weight is 550 g/mol. The van der Waals surface area contributed by atoms with Crippen molar-refractivity contribution in [2.75, 3.05) is 26.2 Å². The largest absolute Gasteiger partial charge is 0.494 e. The lowest BCUT2D eigenvalue weighted by Gasteiger charge is -2.25. The highest BCUT2D eigenvalue weighted by Gasteiger charge is 2.18. The molecule has 0 aliphatic carbocycles. The van der Waals surface area contributed by atoms with Gasteiger partial charge < -0.3 is 20.7 Å². The number of aliphatic imine (C=N–C) groups is 1. The SMILES string of the molecule is CCNC(=NCCc1cccc(OCCCc2ccccc2)c1)NC1CCC(=O)NC1.I. The third-order valence-corrected chi connectivity index (χ3v) is 5.24. The van der Waals surface area contributed by atoms with Crippen molar-refractivity contribution in [2.45, 2.75) is 45.1 Å². The number of ether oxygens (including phenoxy) is 1. The number of hydrogen-bond acceptors (Lipinski definition) is 3. The lowest BCUT2D eigenvalue weighted by molar-refractivity contribution is -0.122. The van der Waals surface area contributed by atoms with E-state index in [1.807, 2.05) is 18.2 Å². The normalized spacial score (nSPS) is 16.0. The summed E-state index contributed by atoms with van der Waals surface area (Å²) in [5.74, 6) is 1.84. The van der Waals surface area contributed by atoms with Crippen molar-refractivity contribution >= 4 is 35.8 Å². The molecule has 2 aromatic carbocycles. The first-order chi connectivity index (χ1) is 15.2. The molecule has 0 aromatic heterocycles. The summed E-state index contributed by atoms with van der Waals surface area (Å²) in [6, 6.07) is 19.0. The fourth-order valence-corrected chi connectivity index (χ4v) is 3.57. The van der Waals surface area contributed by atoms with Crippen molar-refractivity contribution in [3.63, 3.8) is 0 Å². The van der Waals surface area contributed by atoms with Crippen molar-refractivity contribution in [3.8, 4) is 5.75 Å². The highest BCUT2D eigenvalue weighted by molar-refractivity contribution is 14.0. The van der Waals surface area contributed by atoms with Crippen molar-refractivity contribution in [1.29, 1.82) is 0 Å². The second kappa shape index (κ2) is 14.7. The van der Waals surface area contributed by atoms with Gasteiger partial charge in [-0.25, -0.2) is 0 Å². The Hall–Kier alpha value is -2.29. The van der Waals surface area contributed by atoms with Crippen LogP contribution in [0.5, 0.6) is 5.75 Å². The third-order valence-electron chi connectivity index (χ3n) is 5.24. The second-order valence-corrected chi connectivity index (χ2v) is 7.78. The predicted octanol–water partition coefficient (Wildman–Crippen LogP) is 3.69. The summed E-state index contributed by atoms with van der Waals surface area (Å²) in [5, 5.41) is 9.61. The number of piperidine rings is 1. The van der Waals surface area contributed by atoms with E-state index in [0.29, 0.717) is 26.1 Å². The van der Waals surface area contributed by atoms with Gasteiger partial charge in [0.2, 0.25) is 5.91 Å². The van der Waals surface area contributed by atoms with Gasteiger partial charge in [0.1, 0.15) is 5.75 Å². The van der Waals surface area contributed by atoms with Crippen LogP contribution in [0.2, 0.25) is 0 Å². The maximum absolute atomic E-state index is 11.3. The number of carbonyl (C=O) groups is 1. The smallest absolute Gasteiger partial charge is 0.220 e. The Labute approximate surface area is 208 Å². The molecule has 0 radical (unpaired) electrons. The van der Waals surface area contributed by atoms with E-state index >= 15 is 0 Å². The van der Waals surface area contributed by atoms with Gasteiger partial charge >= 0.3 is 0 Å². The molecule has 1 aliphatic rings. The Morgan fingerprint density at radius 2 is 1.94 bits per heavy atom.